The monoisotopic (exact) mass is 563 g/mol. The van der Waals surface area contributed by atoms with Crippen LogP contribution in [0.5, 0.6) is 5.75 Å². The number of alkyl halides is 5. The van der Waals surface area contributed by atoms with Crippen LogP contribution in [0.3, 0.4) is 0 Å². The van der Waals surface area contributed by atoms with Crippen molar-refractivity contribution in [2.75, 3.05) is 6.54 Å². The van der Waals surface area contributed by atoms with Crippen molar-refractivity contribution >= 4 is 48.2 Å². The Kier molecular flexibility index (Phi) is 8.96. The highest BCUT2D eigenvalue weighted by molar-refractivity contribution is 7.59. The van der Waals surface area contributed by atoms with Gasteiger partial charge in [-0.2, -0.15) is 18.8 Å². The van der Waals surface area contributed by atoms with E-state index in [0.717, 1.165) is 4.90 Å². The number of amides is 1. The molecule has 1 saturated heterocycles. The fraction of sp³-hybridized carbons (Fsp3) is 0.259. The first kappa shape index (κ1) is 29.6. The van der Waals surface area contributed by atoms with Crippen LogP contribution in [0.15, 0.2) is 54.7 Å². The minimum Gasteiger partial charge on any atom is -0.406 e. The molecule has 1 atom stereocenters. The van der Waals surface area contributed by atoms with Crippen LogP contribution in [-0.2, 0) is 4.79 Å². The largest absolute Gasteiger partial charge is 0.573 e. The first-order valence-electron chi connectivity index (χ1n) is 11.5. The summed E-state index contributed by atoms with van der Waals surface area (Å²) in [6.45, 7) is -0.843. The molecule has 2 aromatic carbocycles. The van der Waals surface area contributed by atoms with E-state index >= 15 is 0 Å². The van der Waals surface area contributed by atoms with E-state index in [1.54, 1.807) is 36.4 Å². The molecule has 0 bridgehead atoms. The molecular formula is C27H22F5N3O3S. The molecule has 39 heavy (non-hydrogen) atoms. The number of Topliss-reactive ketones (excluding diaryl/α,β-unsaturated/α-hetero) is 1. The van der Waals surface area contributed by atoms with Gasteiger partial charge in [0.15, 0.2) is 5.78 Å². The molecule has 1 aliphatic rings. The Labute approximate surface area is 227 Å². The summed E-state index contributed by atoms with van der Waals surface area (Å²) in [5.41, 5.74) is 2.12. The number of ether oxygens (including phenoxy) is 1. The number of ketones is 1. The van der Waals surface area contributed by atoms with Gasteiger partial charge in [-0.15, -0.1) is 13.2 Å². The zero-order chi connectivity index (χ0) is 27.5. The van der Waals surface area contributed by atoms with E-state index in [0.29, 0.717) is 27.6 Å². The molecule has 1 fully saturated rings. The highest BCUT2D eigenvalue weighted by Gasteiger charge is 2.47. The van der Waals surface area contributed by atoms with Gasteiger partial charge in [0.2, 0.25) is 5.91 Å². The maximum atomic E-state index is 13.6. The maximum absolute atomic E-state index is 13.6. The van der Waals surface area contributed by atoms with Crippen molar-refractivity contribution < 1.29 is 36.3 Å². The lowest BCUT2D eigenvalue weighted by atomic mass is 10.00. The maximum Gasteiger partial charge on any atom is 0.573 e. The zero-order valence-electron chi connectivity index (χ0n) is 20.2. The van der Waals surface area contributed by atoms with E-state index < -0.39 is 37.2 Å². The summed E-state index contributed by atoms with van der Waals surface area (Å²) in [5.74, 6) is -4.54. The molecular weight excluding hydrogens is 541 g/mol. The number of rotatable bonds is 7. The fourth-order valence-electron chi connectivity index (χ4n) is 4.18. The minimum absolute atomic E-state index is 0. The standard InChI is InChI=1S/C27H20F5N3O3.H2S/c28-26(29)14-19(15-33)35(16-26)25(37)10-9-24(36)21-11-12-34-23-8-5-18(13-22(21)23)2-1-17-3-6-20(7-4-17)38-27(30,31)32;/h1-8,11-13,19H,9-10,14,16H2;1H2/b2-1+;/t19-;/m0./s1. The Bertz CT molecular complexity index is 1440. The molecule has 0 spiro atoms. The van der Waals surface area contributed by atoms with Crippen molar-refractivity contribution in [1.82, 2.24) is 9.88 Å². The molecule has 1 amide bonds. The zero-order valence-corrected chi connectivity index (χ0v) is 21.2. The lowest BCUT2D eigenvalue weighted by molar-refractivity contribution is -0.274. The Balaban J connectivity index is 0.00000420. The van der Waals surface area contributed by atoms with Gasteiger partial charge in [0.1, 0.15) is 11.8 Å². The van der Waals surface area contributed by atoms with Crippen LogP contribution in [0.4, 0.5) is 22.0 Å². The van der Waals surface area contributed by atoms with Crippen molar-refractivity contribution in [3.8, 4) is 11.8 Å². The molecule has 0 unspecified atom stereocenters. The number of halogens is 5. The number of aromatic nitrogens is 1. The molecule has 2 heterocycles. The van der Waals surface area contributed by atoms with Crippen LogP contribution in [0, 0.1) is 11.3 Å². The van der Waals surface area contributed by atoms with Crippen LogP contribution in [0.25, 0.3) is 23.1 Å². The fourth-order valence-corrected chi connectivity index (χ4v) is 4.18. The van der Waals surface area contributed by atoms with Crippen LogP contribution in [0.1, 0.15) is 40.7 Å². The van der Waals surface area contributed by atoms with Crippen LogP contribution >= 0.6 is 13.5 Å². The Morgan fingerprint density at radius 2 is 1.74 bits per heavy atom. The summed E-state index contributed by atoms with van der Waals surface area (Å²) in [6, 6.07) is 12.4. The number of hydrogen-bond acceptors (Lipinski definition) is 5. The molecule has 1 aliphatic heterocycles. The summed E-state index contributed by atoms with van der Waals surface area (Å²) in [5, 5.41) is 9.60. The van der Waals surface area contributed by atoms with E-state index in [1.807, 2.05) is 0 Å². The SMILES string of the molecule is N#C[C@@H]1CC(F)(F)CN1C(=O)CCC(=O)c1ccnc2ccc(/C=C/c3ccc(OC(F)(F)F)cc3)cc12.S. The predicted octanol–water partition coefficient (Wildman–Crippen LogP) is 6.14. The summed E-state index contributed by atoms with van der Waals surface area (Å²) in [7, 11) is 0. The van der Waals surface area contributed by atoms with E-state index in [-0.39, 0.29) is 37.9 Å². The van der Waals surface area contributed by atoms with Crippen molar-refractivity contribution in [1.29, 1.82) is 5.26 Å². The summed E-state index contributed by atoms with van der Waals surface area (Å²) in [6.07, 6.45) is -1.22. The van der Waals surface area contributed by atoms with Crippen molar-refractivity contribution in [2.24, 2.45) is 0 Å². The van der Waals surface area contributed by atoms with Gasteiger partial charge in [0, 0.05) is 36.4 Å². The van der Waals surface area contributed by atoms with Gasteiger partial charge in [-0.05, 0) is 41.5 Å². The second kappa shape index (κ2) is 11.8. The molecule has 4 rings (SSSR count). The van der Waals surface area contributed by atoms with Crippen molar-refractivity contribution in [3.63, 3.8) is 0 Å². The third-order valence-electron chi connectivity index (χ3n) is 5.95. The van der Waals surface area contributed by atoms with E-state index in [9.17, 15) is 31.5 Å². The summed E-state index contributed by atoms with van der Waals surface area (Å²) in [4.78, 5) is 30.5. The number of carbonyl (C=O) groups excluding carboxylic acids is 2. The second-order valence-corrected chi connectivity index (χ2v) is 8.74. The highest BCUT2D eigenvalue weighted by Crippen LogP contribution is 2.32. The molecule has 0 saturated carbocycles. The lowest BCUT2D eigenvalue weighted by Gasteiger charge is -2.18. The smallest absolute Gasteiger partial charge is 0.406 e. The number of carbonyl (C=O) groups is 2. The quantitative estimate of drug-likeness (QED) is 0.196. The Morgan fingerprint density at radius 1 is 1.08 bits per heavy atom. The third-order valence-corrected chi connectivity index (χ3v) is 5.95. The number of likely N-dealkylation sites (tertiary alicyclic amines) is 1. The molecule has 204 valence electrons. The number of pyridine rings is 1. The topological polar surface area (TPSA) is 83.3 Å². The van der Waals surface area contributed by atoms with Gasteiger partial charge in [-0.25, -0.2) is 8.78 Å². The van der Waals surface area contributed by atoms with Crippen LogP contribution in [-0.4, -0.2) is 46.4 Å². The van der Waals surface area contributed by atoms with E-state index in [1.165, 1.54) is 36.5 Å². The molecule has 3 aromatic rings. The van der Waals surface area contributed by atoms with Gasteiger partial charge in [0.05, 0.1) is 18.1 Å². The van der Waals surface area contributed by atoms with Crippen LogP contribution < -0.4 is 4.74 Å². The molecule has 0 aliphatic carbocycles. The normalized spacial score (nSPS) is 16.6. The predicted molar refractivity (Wildman–Crippen MR) is 138 cm³/mol. The van der Waals surface area contributed by atoms with E-state index in [4.69, 9.17) is 5.26 Å². The first-order valence-corrected chi connectivity index (χ1v) is 11.5. The van der Waals surface area contributed by atoms with Gasteiger partial charge < -0.3 is 9.64 Å². The third kappa shape index (κ3) is 7.54. The number of fused-ring (bicyclic) bond motifs is 1. The number of hydrogen-bond donors (Lipinski definition) is 0. The van der Waals surface area contributed by atoms with Gasteiger partial charge >= 0.3 is 6.36 Å². The van der Waals surface area contributed by atoms with Crippen molar-refractivity contribution in [2.45, 2.75) is 37.6 Å². The molecule has 0 radical (unpaired) electrons. The number of nitrogens with zero attached hydrogens (tertiary/aromatic N) is 3. The lowest BCUT2D eigenvalue weighted by Crippen LogP contribution is -2.36. The van der Waals surface area contributed by atoms with Crippen molar-refractivity contribution in [3.05, 3.63) is 71.4 Å². The summed E-state index contributed by atoms with van der Waals surface area (Å²) < 4.78 is 68.1. The van der Waals surface area contributed by atoms with Gasteiger partial charge in [-0.1, -0.05) is 30.4 Å². The second-order valence-electron chi connectivity index (χ2n) is 8.74. The average molecular weight is 564 g/mol. The number of nitriles is 1. The first-order chi connectivity index (χ1) is 17.9. The average Bonchev–Trinajstić information content (AvgIpc) is 3.20. The number of benzene rings is 2. The van der Waals surface area contributed by atoms with Gasteiger partial charge in [0.25, 0.3) is 5.92 Å². The Morgan fingerprint density at radius 3 is 2.41 bits per heavy atom. The molecule has 1 aromatic heterocycles. The van der Waals surface area contributed by atoms with Gasteiger partial charge in [-0.3, -0.25) is 14.6 Å². The minimum atomic E-state index is -4.78. The summed E-state index contributed by atoms with van der Waals surface area (Å²) >= 11 is 0. The molecule has 12 heteroatoms. The molecule has 6 nitrogen and oxygen atoms in total. The Hall–Kier alpha value is -3.98. The highest BCUT2D eigenvalue weighted by atomic mass is 32.1. The molecule has 0 N–H and O–H groups in total. The van der Waals surface area contributed by atoms with Crippen LogP contribution in [0.2, 0.25) is 0 Å². The van der Waals surface area contributed by atoms with E-state index in [2.05, 4.69) is 9.72 Å².